The molecule has 34 heavy (non-hydrogen) atoms. The molecule has 0 aliphatic carbocycles. The van der Waals surface area contributed by atoms with Crippen molar-refractivity contribution in [3.05, 3.63) is 77.9 Å². The molecule has 1 unspecified atom stereocenters. The van der Waals surface area contributed by atoms with Gasteiger partial charge in [0.2, 0.25) is 10.0 Å². The van der Waals surface area contributed by atoms with Crippen LogP contribution in [0, 0.1) is 11.3 Å². The Bertz CT molecular complexity index is 1340. The highest BCUT2D eigenvalue weighted by atomic mass is 32.2. The zero-order valence-corrected chi connectivity index (χ0v) is 19.1. The molecule has 9 nitrogen and oxygen atoms in total. The highest BCUT2D eigenvalue weighted by Crippen LogP contribution is 2.21. The van der Waals surface area contributed by atoms with Crippen LogP contribution in [0.15, 0.2) is 71.6 Å². The van der Waals surface area contributed by atoms with Crippen molar-refractivity contribution in [3.63, 3.8) is 0 Å². The Kier molecular flexibility index (Phi) is 7.77. The molecule has 0 bridgehead atoms. The Morgan fingerprint density at radius 1 is 1.00 bits per heavy atom. The number of amidine groups is 1. The van der Waals surface area contributed by atoms with Crippen LogP contribution in [0.1, 0.15) is 17.5 Å². The number of hydrogen-bond acceptors (Lipinski definition) is 6. The molecule has 0 amide bonds. The van der Waals surface area contributed by atoms with Crippen molar-refractivity contribution in [3.8, 4) is 0 Å². The predicted octanol–water partition coefficient (Wildman–Crippen LogP) is 1.63. The molecule has 0 aliphatic rings. The molecule has 10 heteroatoms. The Morgan fingerprint density at radius 2 is 1.71 bits per heavy atom. The number of ketones is 1. The van der Waals surface area contributed by atoms with Crippen LogP contribution in [0.4, 0.5) is 0 Å². The molecule has 2 atom stereocenters. The van der Waals surface area contributed by atoms with Gasteiger partial charge in [0.05, 0.1) is 10.9 Å². The van der Waals surface area contributed by atoms with E-state index in [0.717, 1.165) is 5.39 Å². The number of Topliss-reactive ketones (excluding diaryl/α,β-unsaturated/α-hetero) is 1. The van der Waals surface area contributed by atoms with Gasteiger partial charge < -0.3 is 16.6 Å². The maximum atomic E-state index is 13.2. The average molecular weight is 483 g/mol. The lowest BCUT2D eigenvalue weighted by Crippen LogP contribution is -2.47. The molecule has 3 rings (SSSR count). The van der Waals surface area contributed by atoms with Gasteiger partial charge in [-0.2, -0.15) is 0 Å². The molecule has 3 aromatic rings. The molecular formula is C24H26N4O5S. The number of fused-ring (bicyclic) bond motifs is 1. The minimum atomic E-state index is -4.18. The zero-order valence-electron chi connectivity index (χ0n) is 18.3. The van der Waals surface area contributed by atoms with Gasteiger partial charge in [0, 0.05) is 5.56 Å². The van der Waals surface area contributed by atoms with Gasteiger partial charge in [0.1, 0.15) is 11.8 Å². The van der Waals surface area contributed by atoms with Gasteiger partial charge in [-0.25, -0.2) is 13.1 Å². The van der Waals surface area contributed by atoms with E-state index in [1.54, 1.807) is 42.5 Å². The Labute approximate surface area is 197 Å². The number of nitrogens with one attached hydrogen (secondary N) is 2. The SMILES string of the molecule is N=C(N)c1cccc(C[C@H](NS(=O)(=O)c2ccc3ccccc3c2)C(=O)C(CCN)C(=O)O)c1. The number of carboxylic acids is 1. The molecule has 0 heterocycles. The van der Waals surface area contributed by atoms with E-state index < -0.39 is 33.7 Å². The molecule has 0 saturated carbocycles. The van der Waals surface area contributed by atoms with Crippen molar-refractivity contribution < 1.29 is 23.1 Å². The van der Waals surface area contributed by atoms with Gasteiger partial charge >= 0.3 is 5.97 Å². The summed E-state index contributed by atoms with van der Waals surface area (Å²) in [5.74, 6) is -3.82. The molecule has 3 aromatic carbocycles. The summed E-state index contributed by atoms with van der Waals surface area (Å²) in [6.45, 7) is -0.0489. The first-order chi connectivity index (χ1) is 16.1. The van der Waals surface area contributed by atoms with Gasteiger partial charge in [-0.1, -0.05) is 48.5 Å². The van der Waals surface area contributed by atoms with Crippen LogP contribution in [0.2, 0.25) is 0 Å². The predicted molar refractivity (Wildman–Crippen MR) is 129 cm³/mol. The van der Waals surface area contributed by atoms with Crippen molar-refractivity contribution in [1.82, 2.24) is 4.72 Å². The Hall–Kier alpha value is -3.60. The summed E-state index contributed by atoms with van der Waals surface area (Å²) in [4.78, 5) is 24.9. The first-order valence-electron chi connectivity index (χ1n) is 10.5. The number of nitrogen functional groups attached to an aromatic ring is 1. The molecular weight excluding hydrogens is 456 g/mol. The fraction of sp³-hybridized carbons (Fsp3) is 0.208. The lowest BCUT2D eigenvalue weighted by molar-refractivity contribution is -0.147. The van der Waals surface area contributed by atoms with Crippen LogP contribution in [-0.2, 0) is 26.0 Å². The standard InChI is InChI=1S/C24H26N4O5S/c25-11-10-20(24(30)31)22(29)21(13-15-4-3-7-18(12-15)23(26)27)28-34(32,33)19-9-8-16-5-1-2-6-17(16)14-19/h1-9,12,14,20-21,28H,10-11,13,25H2,(H3,26,27)(H,30,31)/t20?,21-/m0/s1. The highest BCUT2D eigenvalue weighted by Gasteiger charge is 2.34. The Morgan fingerprint density at radius 3 is 2.35 bits per heavy atom. The number of carboxylic acid groups (broad SMARTS) is 1. The molecule has 0 radical (unpaired) electrons. The topological polar surface area (TPSA) is 176 Å². The van der Waals surface area contributed by atoms with Crippen LogP contribution in [0.25, 0.3) is 10.8 Å². The number of aliphatic carboxylic acids is 1. The van der Waals surface area contributed by atoms with E-state index in [9.17, 15) is 23.1 Å². The third-order valence-electron chi connectivity index (χ3n) is 5.45. The van der Waals surface area contributed by atoms with E-state index in [2.05, 4.69) is 4.72 Å². The maximum absolute atomic E-state index is 13.2. The quantitative estimate of drug-likeness (QED) is 0.157. The summed E-state index contributed by atoms with van der Waals surface area (Å²) in [6.07, 6.45) is -0.253. The normalized spacial score (nSPS) is 13.3. The summed E-state index contributed by atoms with van der Waals surface area (Å²) < 4.78 is 28.8. The Balaban J connectivity index is 1.99. The second-order valence-corrected chi connectivity index (χ2v) is 9.59. The number of benzene rings is 3. The second-order valence-electron chi connectivity index (χ2n) is 7.87. The van der Waals surface area contributed by atoms with Gasteiger partial charge in [0.25, 0.3) is 0 Å². The van der Waals surface area contributed by atoms with Gasteiger partial charge in [-0.05, 0) is 53.9 Å². The first kappa shape index (κ1) is 25.0. The van der Waals surface area contributed by atoms with Crippen LogP contribution >= 0.6 is 0 Å². The van der Waals surface area contributed by atoms with Crippen molar-refractivity contribution in [2.45, 2.75) is 23.8 Å². The number of carbonyl (C=O) groups excluding carboxylic acids is 1. The number of rotatable bonds is 11. The molecule has 7 N–H and O–H groups in total. The molecule has 0 fully saturated rings. The van der Waals surface area contributed by atoms with Gasteiger partial charge in [-0.15, -0.1) is 0 Å². The summed E-state index contributed by atoms with van der Waals surface area (Å²) in [5.41, 5.74) is 11.9. The highest BCUT2D eigenvalue weighted by molar-refractivity contribution is 7.89. The average Bonchev–Trinajstić information content (AvgIpc) is 2.81. The fourth-order valence-corrected chi connectivity index (χ4v) is 4.93. The minimum absolute atomic E-state index is 0.0489. The smallest absolute Gasteiger partial charge is 0.314 e. The number of hydrogen-bond donors (Lipinski definition) is 5. The lowest BCUT2D eigenvalue weighted by atomic mass is 9.91. The van der Waals surface area contributed by atoms with Crippen LogP contribution in [-0.4, -0.2) is 43.7 Å². The molecule has 0 aliphatic heterocycles. The number of nitrogens with two attached hydrogens (primary N) is 2. The van der Waals surface area contributed by atoms with Gasteiger partial charge in [-0.3, -0.25) is 15.0 Å². The van der Waals surface area contributed by atoms with Crippen molar-refractivity contribution in [1.29, 1.82) is 5.41 Å². The van der Waals surface area contributed by atoms with Gasteiger partial charge in [0.15, 0.2) is 5.78 Å². The molecule has 178 valence electrons. The maximum Gasteiger partial charge on any atom is 0.314 e. The van der Waals surface area contributed by atoms with E-state index in [1.165, 1.54) is 12.1 Å². The van der Waals surface area contributed by atoms with Crippen molar-refractivity contribution in [2.24, 2.45) is 17.4 Å². The third kappa shape index (κ3) is 5.84. The third-order valence-corrected chi connectivity index (χ3v) is 6.92. The van der Waals surface area contributed by atoms with Crippen molar-refractivity contribution in [2.75, 3.05) is 6.54 Å². The van der Waals surface area contributed by atoms with E-state index in [1.807, 2.05) is 12.1 Å². The minimum Gasteiger partial charge on any atom is -0.481 e. The number of sulfonamides is 1. The summed E-state index contributed by atoms with van der Waals surface area (Å²) >= 11 is 0. The summed E-state index contributed by atoms with van der Waals surface area (Å²) in [7, 11) is -4.18. The lowest BCUT2D eigenvalue weighted by Gasteiger charge is -2.22. The monoisotopic (exact) mass is 482 g/mol. The van der Waals surface area contributed by atoms with Crippen LogP contribution in [0.3, 0.4) is 0 Å². The summed E-state index contributed by atoms with van der Waals surface area (Å²) in [6, 6.07) is 16.9. The molecule has 0 aromatic heterocycles. The first-order valence-corrected chi connectivity index (χ1v) is 12.0. The van der Waals surface area contributed by atoms with E-state index in [0.29, 0.717) is 16.5 Å². The van der Waals surface area contributed by atoms with E-state index in [-0.39, 0.29) is 30.1 Å². The van der Waals surface area contributed by atoms with E-state index >= 15 is 0 Å². The molecule has 0 spiro atoms. The van der Waals surface area contributed by atoms with Crippen LogP contribution in [0.5, 0.6) is 0 Å². The molecule has 0 saturated heterocycles. The fourth-order valence-electron chi connectivity index (χ4n) is 3.69. The second kappa shape index (κ2) is 10.6. The largest absolute Gasteiger partial charge is 0.481 e. The van der Waals surface area contributed by atoms with E-state index in [4.69, 9.17) is 16.9 Å². The van der Waals surface area contributed by atoms with Crippen LogP contribution < -0.4 is 16.2 Å². The zero-order chi connectivity index (χ0) is 24.9. The van der Waals surface area contributed by atoms with Crippen molar-refractivity contribution >= 4 is 38.4 Å². The number of carbonyl (C=O) groups is 2. The summed E-state index contributed by atoms with van der Waals surface area (Å²) in [5, 5.41) is 18.7.